The van der Waals surface area contributed by atoms with Crippen LogP contribution >= 0.6 is 12.4 Å². The van der Waals surface area contributed by atoms with Crippen LogP contribution in [-0.2, 0) is 13.1 Å². The molecule has 31 heavy (non-hydrogen) atoms. The molecule has 2 fully saturated rings. The highest BCUT2D eigenvalue weighted by Crippen LogP contribution is 2.21. The van der Waals surface area contributed by atoms with Crippen LogP contribution in [0.2, 0.25) is 0 Å². The Kier molecular flexibility index (Phi) is 9.15. The van der Waals surface area contributed by atoms with Gasteiger partial charge in [-0.25, -0.2) is 4.39 Å². The molecule has 2 aliphatic rings. The van der Waals surface area contributed by atoms with Crippen LogP contribution in [0.25, 0.3) is 0 Å². The summed E-state index contributed by atoms with van der Waals surface area (Å²) in [5, 5.41) is 0. The number of benzene rings is 2. The van der Waals surface area contributed by atoms with Gasteiger partial charge in [0.1, 0.15) is 11.6 Å². The summed E-state index contributed by atoms with van der Waals surface area (Å²) in [6.07, 6.45) is 3.73. The Labute approximate surface area is 192 Å². The first-order valence-electron chi connectivity index (χ1n) is 11.3. The fourth-order valence-electron chi connectivity index (χ4n) is 4.79. The van der Waals surface area contributed by atoms with Gasteiger partial charge in [0.2, 0.25) is 0 Å². The Morgan fingerprint density at radius 2 is 1.35 bits per heavy atom. The summed E-state index contributed by atoms with van der Waals surface area (Å²) < 4.78 is 18.4. The van der Waals surface area contributed by atoms with E-state index in [4.69, 9.17) is 4.74 Å². The van der Waals surface area contributed by atoms with Crippen LogP contribution in [0, 0.1) is 5.82 Å². The zero-order chi connectivity index (χ0) is 20.8. The van der Waals surface area contributed by atoms with Crippen molar-refractivity contribution in [3.05, 3.63) is 65.5 Å². The van der Waals surface area contributed by atoms with Crippen molar-refractivity contribution in [1.29, 1.82) is 0 Å². The smallest absolute Gasteiger partial charge is 0.123 e. The van der Waals surface area contributed by atoms with Crippen LogP contribution in [0.3, 0.4) is 0 Å². The summed E-state index contributed by atoms with van der Waals surface area (Å²) >= 11 is 0. The number of piperidine rings is 1. The Balaban J connectivity index is 0.00000272. The highest BCUT2D eigenvalue weighted by molar-refractivity contribution is 5.85. The van der Waals surface area contributed by atoms with E-state index in [-0.39, 0.29) is 18.2 Å². The lowest BCUT2D eigenvalue weighted by Gasteiger charge is -2.38. The van der Waals surface area contributed by atoms with E-state index in [2.05, 4.69) is 39.0 Å². The molecule has 0 aliphatic carbocycles. The lowest BCUT2D eigenvalue weighted by molar-refractivity contribution is 0.106. The van der Waals surface area contributed by atoms with Crippen molar-refractivity contribution < 1.29 is 9.13 Å². The second kappa shape index (κ2) is 11.8. The molecule has 0 N–H and O–H groups in total. The van der Waals surface area contributed by atoms with Crippen LogP contribution in [0.15, 0.2) is 48.5 Å². The minimum atomic E-state index is -0.154. The molecule has 170 valence electrons. The highest BCUT2D eigenvalue weighted by atomic mass is 35.5. The number of likely N-dealkylation sites (tertiary alicyclic amines) is 1. The molecule has 0 unspecified atom stereocenters. The van der Waals surface area contributed by atoms with E-state index >= 15 is 0 Å². The second-order valence-electron chi connectivity index (χ2n) is 8.65. The molecular formula is C25H35ClFN3O. The fraction of sp³-hybridized carbons (Fsp3) is 0.520. The molecule has 2 aromatic carbocycles. The number of rotatable bonds is 6. The quantitative estimate of drug-likeness (QED) is 0.652. The van der Waals surface area contributed by atoms with Crippen molar-refractivity contribution in [1.82, 2.24) is 14.7 Å². The van der Waals surface area contributed by atoms with Crippen molar-refractivity contribution in [2.24, 2.45) is 0 Å². The molecule has 0 atom stereocenters. The molecule has 2 aromatic rings. The van der Waals surface area contributed by atoms with E-state index in [0.717, 1.165) is 38.5 Å². The monoisotopic (exact) mass is 447 g/mol. The summed E-state index contributed by atoms with van der Waals surface area (Å²) in [7, 11) is 1.71. The Hall–Kier alpha value is -1.66. The van der Waals surface area contributed by atoms with Gasteiger partial charge in [0.05, 0.1) is 7.11 Å². The standard InChI is InChI=1S/C25H34FN3O.ClH/c1-30-25-9-5-22(6-10-25)20-28-15-11-24(12-16-28)29-14-2-13-27(17-18-29)19-21-3-7-23(26)8-4-21;/h3-10,24H,2,11-20H2,1H3;1H. The molecule has 6 heteroatoms. The maximum atomic E-state index is 13.1. The molecule has 0 bridgehead atoms. The van der Waals surface area contributed by atoms with Gasteiger partial charge in [0.15, 0.2) is 0 Å². The third-order valence-electron chi connectivity index (χ3n) is 6.58. The largest absolute Gasteiger partial charge is 0.497 e. The molecule has 4 nitrogen and oxygen atoms in total. The molecule has 0 amide bonds. The topological polar surface area (TPSA) is 19.0 Å². The van der Waals surface area contributed by atoms with E-state index in [1.807, 2.05) is 12.1 Å². The van der Waals surface area contributed by atoms with E-state index in [9.17, 15) is 4.39 Å². The maximum Gasteiger partial charge on any atom is 0.123 e. The van der Waals surface area contributed by atoms with Gasteiger partial charge in [0, 0.05) is 32.2 Å². The predicted molar refractivity (Wildman–Crippen MR) is 126 cm³/mol. The summed E-state index contributed by atoms with van der Waals surface area (Å²) in [6.45, 7) is 8.87. The van der Waals surface area contributed by atoms with Gasteiger partial charge in [0.25, 0.3) is 0 Å². The Morgan fingerprint density at radius 3 is 1.97 bits per heavy atom. The zero-order valence-electron chi connectivity index (χ0n) is 18.5. The first kappa shape index (κ1) is 24.0. The predicted octanol–water partition coefficient (Wildman–Crippen LogP) is 4.43. The number of nitrogens with zero attached hydrogens (tertiary/aromatic N) is 3. The zero-order valence-corrected chi connectivity index (χ0v) is 19.3. The first-order chi connectivity index (χ1) is 14.7. The number of halogens is 2. The number of hydrogen-bond donors (Lipinski definition) is 0. The Morgan fingerprint density at radius 1 is 0.774 bits per heavy atom. The van der Waals surface area contributed by atoms with Crippen LogP contribution in [0.4, 0.5) is 4.39 Å². The van der Waals surface area contributed by atoms with Crippen molar-refractivity contribution >= 4 is 12.4 Å². The van der Waals surface area contributed by atoms with Crippen molar-refractivity contribution in [3.63, 3.8) is 0 Å². The third kappa shape index (κ3) is 6.91. The molecule has 2 aliphatic heterocycles. The first-order valence-corrected chi connectivity index (χ1v) is 11.3. The van der Waals surface area contributed by atoms with Crippen molar-refractivity contribution in [3.8, 4) is 5.75 Å². The normalized spacial score (nSPS) is 19.5. The molecule has 0 aromatic heterocycles. The van der Waals surface area contributed by atoms with Gasteiger partial charge in [-0.15, -0.1) is 12.4 Å². The van der Waals surface area contributed by atoms with Crippen LogP contribution in [0.1, 0.15) is 30.4 Å². The summed E-state index contributed by atoms with van der Waals surface area (Å²) in [5.74, 6) is 0.770. The fourth-order valence-corrected chi connectivity index (χ4v) is 4.79. The summed E-state index contributed by atoms with van der Waals surface area (Å²) in [6, 6.07) is 16.1. The number of hydrogen-bond acceptors (Lipinski definition) is 4. The van der Waals surface area contributed by atoms with Crippen molar-refractivity contribution in [2.45, 2.75) is 38.4 Å². The molecule has 0 radical (unpaired) electrons. The minimum absolute atomic E-state index is 0. The average molecular weight is 448 g/mol. The van der Waals surface area contributed by atoms with E-state index in [1.165, 1.54) is 50.0 Å². The van der Waals surface area contributed by atoms with Gasteiger partial charge in [-0.1, -0.05) is 24.3 Å². The third-order valence-corrected chi connectivity index (χ3v) is 6.58. The van der Waals surface area contributed by atoms with Gasteiger partial charge in [-0.2, -0.15) is 0 Å². The molecule has 2 saturated heterocycles. The lowest BCUT2D eigenvalue weighted by Crippen LogP contribution is -2.45. The van der Waals surface area contributed by atoms with Gasteiger partial charge in [-0.3, -0.25) is 14.7 Å². The van der Waals surface area contributed by atoms with Crippen LogP contribution < -0.4 is 4.74 Å². The maximum absolute atomic E-state index is 13.1. The minimum Gasteiger partial charge on any atom is -0.497 e. The molecular weight excluding hydrogens is 413 g/mol. The Bertz CT molecular complexity index is 778. The molecule has 0 saturated carbocycles. The van der Waals surface area contributed by atoms with E-state index in [1.54, 1.807) is 19.2 Å². The van der Waals surface area contributed by atoms with Gasteiger partial charge >= 0.3 is 0 Å². The second-order valence-corrected chi connectivity index (χ2v) is 8.65. The van der Waals surface area contributed by atoms with Gasteiger partial charge < -0.3 is 4.74 Å². The number of ether oxygens (including phenoxy) is 1. The number of methoxy groups -OCH3 is 1. The van der Waals surface area contributed by atoms with E-state index in [0.29, 0.717) is 6.04 Å². The SMILES string of the molecule is COc1ccc(CN2CCC(N3CCCN(Cc4ccc(F)cc4)CC3)CC2)cc1.Cl. The van der Waals surface area contributed by atoms with Crippen molar-refractivity contribution in [2.75, 3.05) is 46.4 Å². The molecule has 0 spiro atoms. The highest BCUT2D eigenvalue weighted by Gasteiger charge is 2.26. The average Bonchev–Trinajstić information content (AvgIpc) is 3.02. The summed E-state index contributed by atoms with van der Waals surface area (Å²) in [5.41, 5.74) is 2.57. The van der Waals surface area contributed by atoms with Crippen LogP contribution in [-0.4, -0.2) is 67.1 Å². The van der Waals surface area contributed by atoms with E-state index < -0.39 is 0 Å². The molecule has 2 heterocycles. The molecule has 4 rings (SSSR count). The van der Waals surface area contributed by atoms with Crippen LogP contribution in [0.5, 0.6) is 5.75 Å². The lowest BCUT2D eigenvalue weighted by atomic mass is 10.0. The van der Waals surface area contributed by atoms with Gasteiger partial charge in [-0.05, 0) is 80.8 Å². The summed E-state index contributed by atoms with van der Waals surface area (Å²) in [4.78, 5) is 7.82.